The van der Waals surface area contributed by atoms with Gasteiger partial charge in [0.15, 0.2) is 0 Å². The zero-order valence-corrected chi connectivity index (χ0v) is 22.6. The van der Waals surface area contributed by atoms with Crippen LogP contribution in [0.5, 0.6) is 0 Å². The maximum Gasteiger partial charge on any atom is 0.407 e. The summed E-state index contributed by atoms with van der Waals surface area (Å²) in [7, 11) is 0. The third-order valence-electron chi connectivity index (χ3n) is 8.56. The van der Waals surface area contributed by atoms with Gasteiger partial charge >= 0.3 is 6.09 Å². The van der Waals surface area contributed by atoms with Crippen molar-refractivity contribution in [2.24, 2.45) is 0 Å². The van der Waals surface area contributed by atoms with E-state index < -0.39 is 17.7 Å². The number of likely N-dealkylation sites (tertiary alicyclic amines) is 1. The molecule has 2 saturated heterocycles. The van der Waals surface area contributed by atoms with E-state index in [0.717, 1.165) is 50.9 Å². The van der Waals surface area contributed by atoms with Gasteiger partial charge < -0.3 is 25.2 Å². The van der Waals surface area contributed by atoms with E-state index in [4.69, 9.17) is 4.74 Å². The number of alkyl carbamates (subject to hydrolysis) is 1. The molecule has 39 heavy (non-hydrogen) atoms. The SMILES string of the molecule is O=C(NCCC[C@@H]1NC(=O)C2(CCN(CCc3ccccc3)CC2)N(C2CCC2)C1=O)OCc1ccccc1. The van der Waals surface area contributed by atoms with Crippen LogP contribution >= 0.6 is 0 Å². The number of ether oxygens (including phenoxy) is 1. The van der Waals surface area contributed by atoms with Gasteiger partial charge in [0.25, 0.3) is 0 Å². The van der Waals surface area contributed by atoms with E-state index in [1.165, 1.54) is 5.56 Å². The number of nitrogens with one attached hydrogen (secondary N) is 2. The molecule has 5 rings (SSSR count). The molecule has 2 aliphatic heterocycles. The molecule has 0 aromatic heterocycles. The van der Waals surface area contributed by atoms with Crippen molar-refractivity contribution in [3.8, 4) is 0 Å². The van der Waals surface area contributed by atoms with Crippen molar-refractivity contribution in [2.45, 2.75) is 75.6 Å². The quantitative estimate of drug-likeness (QED) is 0.456. The average molecular weight is 533 g/mol. The van der Waals surface area contributed by atoms with Crippen LogP contribution < -0.4 is 10.6 Å². The Kier molecular flexibility index (Phi) is 8.81. The number of carbonyl (C=O) groups excluding carboxylic acids is 3. The van der Waals surface area contributed by atoms with Crippen molar-refractivity contribution in [1.29, 1.82) is 0 Å². The standard InChI is InChI=1S/C31H40N4O4/c36-28-27(15-8-19-32-30(38)39-23-25-11-5-2-6-12-25)33-29(37)31(35(28)26-13-7-14-26)17-21-34(22-18-31)20-16-24-9-3-1-4-10-24/h1-6,9-12,26-27H,7-8,13-23H2,(H,32,38)(H,33,37)/t27-/m0/s1. The van der Waals surface area contributed by atoms with Crippen LogP contribution in [0.2, 0.25) is 0 Å². The predicted octanol–water partition coefficient (Wildman–Crippen LogP) is 3.65. The van der Waals surface area contributed by atoms with Crippen molar-refractivity contribution < 1.29 is 19.1 Å². The second-order valence-electron chi connectivity index (χ2n) is 11.1. The number of piperidine rings is 1. The molecule has 0 radical (unpaired) electrons. The monoisotopic (exact) mass is 532 g/mol. The Morgan fingerprint density at radius 1 is 0.974 bits per heavy atom. The van der Waals surface area contributed by atoms with Gasteiger partial charge in [-0.05, 0) is 62.5 Å². The molecule has 2 aromatic rings. The fraction of sp³-hybridized carbons (Fsp3) is 0.516. The van der Waals surface area contributed by atoms with E-state index in [1.54, 1.807) is 0 Å². The van der Waals surface area contributed by atoms with E-state index in [9.17, 15) is 14.4 Å². The zero-order chi connectivity index (χ0) is 27.1. The lowest BCUT2D eigenvalue weighted by Crippen LogP contribution is -2.75. The second kappa shape index (κ2) is 12.6. The van der Waals surface area contributed by atoms with Gasteiger partial charge in [0.05, 0.1) is 0 Å². The number of benzene rings is 2. The molecule has 3 aliphatic rings. The molecule has 0 unspecified atom stereocenters. The Balaban J connectivity index is 1.11. The first-order valence-electron chi connectivity index (χ1n) is 14.4. The summed E-state index contributed by atoms with van der Waals surface area (Å²) < 4.78 is 5.26. The van der Waals surface area contributed by atoms with E-state index in [0.29, 0.717) is 32.2 Å². The molecule has 1 saturated carbocycles. The first kappa shape index (κ1) is 27.2. The van der Waals surface area contributed by atoms with Gasteiger partial charge in [0.2, 0.25) is 11.8 Å². The van der Waals surface area contributed by atoms with Gasteiger partial charge in [0, 0.05) is 32.2 Å². The largest absolute Gasteiger partial charge is 0.445 e. The maximum atomic E-state index is 13.7. The van der Waals surface area contributed by atoms with Gasteiger partial charge in [0.1, 0.15) is 18.2 Å². The lowest BCUT2D eigenvalue weighted by atomic mass is 9.77. The average Bonchev–Trinajstić information content (AvgIpc) is 2.94. The van der Waals surface area contributed by atoms with Crippen LogP contribution in [-0.2, 0) is 27.4 Å². The van der Waals surface area contributed by atoms with Crippen LogP contribution in [0.25, 0.3) is 0 Å². The van der Waals surface area contributed by atoms with E-state index >= 15 is 0 Å². The molecule has 0 bridgehead atoms. The molecule has 208 valence electrons. The molecule has 3 fully saturated rings. The Morgan fingerprint density at radius 2 is 1.64 bits per heavy atom. The summed E-state index contributed by atoms with van der Waals surface area (Å²) in [4.78, 5) is 43.8. The molecule has 1 spiro atoms. The van der Waals surface area contributed by atoms with Crippen molar-refractivity contribution in [3.63, 3.8) is 0 Å². The van der Waals surface area contributed by atoms with Crippen LogP contribution in [-0.4, -0.2) is 71.5 Å². The van der Waals surface area contributed by atoms with Crippen molar-refractivity contribution in [2.75, 3.05) is 26.2 Å². The molecule has 8 nitrogen and oxygen atoms in total. The molecule has 1 aliphatic carbocycles. The Bertz CT molecular complexity index is 1110. The van der Waals surface area contributed by atoms with E-state index in [1.807, 2.05) is 41.3 Å². The Labute approximate surface area is 231 Å². The maximum absolute atomic E-state index is 13.7. The number of hydrogen-bond acceptors (Lipinski definition) is 5. The minimum absolute atomic E-state index is 0.00283. The molecule has 2 aromatic carbocycles. The summed E-state index contributed by atoms with van der Waals surface area (Å²) in [5.41, 5.74) is 1.51. The minimum atomic E-state index is -0.735. The topological polar surface area (TPSA) is 91.0 Å². The number of rotatable bonds is 10. The number of amides is 3. The molecule has 2 heterocycles. The molecule has 8 heteroatoms. The lowest BCUT2D eigenvalue weighted by molar-refractivity contribution is -0.168. The molecular weight excluding hydrogens is 492 g/mol. The highest BCUT2D eigenvalue weighted by Gasteiger charge is 2.56. The highest BCUT2D eigenvalue weighted by molar-refractivity contribution is 6.00. The van der Waals surface area contributed by atoms with Crippen molar-refractivity contribution >= 4 is 17.9 Å². The van der Waals surface area contributed by atoms with Gasteiger partial charge in [-0.3, -0.25) is 9.59 Å². The third-order valence-corrected chi connectivity index (χ3v) is 8.56. The summed E-state index contributed by atoms with van der Waals surface area (Å²) in [5.74, 6) is 0.0422. The summed E-state index contributed by atoms with van der Waals surface area (Å²) in [6.45, 7) is 3.19. The fourth-order valence-corrected chi connectivity index (χ4v) is 6.03. The summed E-state index contributed by atoms with van der Waals surface area (Å²) in [5, 5.41) is 5.83. The van der Waals surface area contributed by atoms with Gasteiger partial charge in [-0.1, -0.05) is 60.7 Å². The van der Waals surface area contributed by atoms with Crippen LogP contribution in [0.4, 0.5) is 4.79 Å². The van der Waals surface area contributed by atoms with E-state index in [2.05, 4.69) is 39.8 Å². The van der Waals surface area contributed by atoms with Gasteiger partial charge in [-0.2, -0.15) is 0 Å². The minimum Gasteiger partial charge on any atom is -0.445 e. The summed E-state index contributed by atoms with van der Waals surface area (Å²) >= 11 is 0. The van der Waals surface area contributed by atoms with Gasteiger partial charge in [-0.15, -0.1) is 0 Å². The Morgan fingerprint density at radius 3 is 2.28 bits per heavy atom. The third kappa shape index (κ3) is 6.44. The van der Waals surface area contributed by atoms with Crippen LogP contribution in [0, 0.1) is 0 Å². The number of piperazine rings is 1. The van der Waals surface area contributed by atoms with E-state index in [-0.39, 0.29) is 24.5 Å². The molecule has 3 amide bonds. The fourth-order valence-electron chi connectivity index (χ4n) is 6.03. The first-order chi connectivity index (χ1) is 19.0. The Hall–Kier alpha value is -3.39. The van der Waals surface area contributed by atoms with Crippen LogP contribution in [0.15, 0.2) is 60.7 Å². The number of hydrogen-bond donors (Lipinski definition) is 2. The van der Waals surface area contributed by atoms with Crippen LogP contribution in [0.3, 0.4) is 0 Å². The normalized spacial score (nSPS) is 21.3. The number of nitrogens with zero attached hydrogens (tertiary/aromatic N) is 2. The molecule has 1 atom stereocenters. The zero-order valence-electron chi connectivity index (χ0n) is 22.6. The summed E-state index contributed by atoms with van der Waals surface area (Å²) in [6.07, 6.45) is 5.99. The number of carbonyl (C=O) groups is 3. The first-order valence-corrected chi connectivity index (χ1v) is 14.4. The highest BCUT2D eigenvalue weighted by Crippen LogP contribution is 2.40. The predicted molar refractivity (Wildman–Crippen MR) is 149 cm³/mol. The van der Waals surface area contributed by atoms with Crippen molar-refractivity contribution in [1.82, 2.24) is 20.4 Å². The smallest absolute Gasteiger partial charge is 0.407 e. The highest BCUT2D eigenvalue weighted by atomic mass is 16.5. The summed E-state index contributed by atoms with van der Waals surface area (Å²) in [6, 6.07) is 19.6. The second-order valence-corrected chi connectivity index (χ2v) is 11.1. The van der Waals surface area contributed by atoms with Gasteiger partial charge in [-0.25, -0.2) is 4.79 Å². The van der Waals surface area contributed by atoms with Crippen molar-refractivity contribution in [3.05, 3.63) is 71.8 Å². The molecular formula is C31H40N4O4. The van der Waals surface area contributed by atoms with Crippen LogP contribution in [0.1, 0.15) is 56.1 Å². The lowest BCUT2D eigenvalue weighted by Gasteiger charge is -2.56. The molecule has 2 N–H and O–H groups in total.